The van der Waals surface area contributed by atoms with Crippen molar-refractivity contribution >= 4 is 5.69 Å². The van der Waals surface area contributed by atoms with Crippen LogP contribution in [0.25, 0.3) is 0 Å². The first-order chi connectivity index (χ1) is 10.7. The summed E-state index contributed by atoms with van der Waals surface area (Å²) < 4.78 is 5.81. The van der Waals surface area contributed by atoms with Gasteiger partial charge in [0, 0.05) is 18.8 Å². The first kappa shape index (κ1) is 15.1. The van der Waals surface area contributed by atoms with Crippen molar-refractivity contribution in [1.82, 2.24) is 0 Å². The molecule has 0 saturated heterocycles. The lowest BCUT2D eigenvalue weighted by Crippen LogP contribution is -2.34. The quantitative estimate of drug-likeness (QED) is 0.889. The summed E-state index contributed by atoms with van der Waals surface area (Å²) in [6.45, 7) is 3.98. The normalized spacial score (nSPS) is 16.4. The van der Waals surface area contributed by atoms with Crippen molar-refractivity contribution < 1.29 is 9.84 Å². The Balaban J connectivity index is 1.50. The standard InChI is InChI=1S/C19H23NO2/c1-15(16-7-3-2-4-8-16)22-14-18(21)13-20-12-11-17-9-5-6-10-19(17)20/h2-10,15,18,21H,11-14H2,1H3. The Morgan fingerprint density at radius 1 is 1.09 bits per heavy atom. The fourth-order valence-electron chi connectivity index (χ4n) is 2.98. The maximum atomic E-state index is 10.3. The second-order valence-corrected chi connectivity index (χ2v) is 5.86. The monoisotopic (exact) mass is 297 g/mol. The van der Waals surface area contributed by atoms with Crippen LogP contribution >= 0.6 is 0 Å². The van der Waals surface area contributed by atoms with E-state index in [2.05, 4.69) is 29.2 Å². The van der Waals surface area contributed by atoms with Crippen molar-refractivity contribution in [3.63, 3.8) is 0 Å². The molecule has 2 aromatic carbocycles. The molecule has 0 amide bonds. The van der Waals surface area contributed by atoms with E-state index >= 15 is 0 Å². The van der Waals surface area contributed by atoms with Gasteiger partial charge in [-0.1, -0.05) is 48.5 Å². The van der Waals surface area contributed by atoms with Gasteiger partial charge in [0.2, 0.25) is 0 Å². The molecular weight excluding hydrogens is 274 g/mol. The first-order valence-electron chi connectivity index (χ1n) is 7.91. The van der Waals surface area contributed by atoms with Gasteiger partial charge >= 0.3 is 0 Å². The van der Waals surface area contributed by atoms with E-state index in [4.69, 9.17) is 4.74 Å². The molecule has 3 nitrogen and oxygen atoms in total. The molecule has 116 valence electrons. The molecule has 0 radical (unpaired) electrons. The van der Waals surface area contributed by atoms with Gasteiger partial charge in [-0.25, -0.2) is 0 Å². The number of hydrogen-bond acceptors (Lipinski definition) is 3. The summed E-state index contributed by atoms with van der Waals surface area (Å²) in [7, 11) is 0. The smallest absolute Gasteiger partial charge is 0.0948 e. The number of anilines is 1. The average molecular weight is 297 g/mol. The number of benzene rings is 2. The van der Waals surface area contributed by atoms with Crippen molar-refractivity contribution in [1.29, 1.82) is 0 Å². The van der Waals surface area contributed by atoms with E-state index in [-0.39, 0.29) is 6.10 Å². The highest BCUT2D eigenvalue weighted by Gasteiger charge is 2.21. The molecule has 1 heterocycles. The van der Waals surface area contributed by atoms with Gasteiger partial charge in [-0.3, -0.25) is 0 Å². The minimum Gasteiger partial charge on any atom is -0.389 e. The third-order valence-electron chi connectivity index (χ3n) is 4.22. The van der Waals surface area contributed by atoms with Gasteiger partial charge in [0.15, 0.2) is 0 Å². The minimum atomic E-state index is -0.475. The van der Waals surface area contributed by atoms with E-state index in [1.54, 1.807) is 0 Å². The number of β-amino-alcohol motifs (C(OH)–C–C–N with tert-alkyl or cyclic N) is 1. The van der Waals surface area contributed by atoms with Gasteiger partial charge in [0.05, 0.1) is 18.8 Å². The maximum Gasteiger partial charge on any atom is 0.0948 e. The Morgan fingerprint density at radius 2 is 1.82 bits per heavy atom. The van der Waals surface area contributed by atoms with Crippen LogP contribution in [0.15, 0.2) is 54.6 Å². The lowest BCUT2D eigenvalue weighted by Gasteiger charge is -2.24. The summed E-state index contributed by atoms with van der Waals surface area (Å²) in [5, 5.41) is 10.3. The van der Waals surface area contributed by atoms with Crippen LogP contribution in [0.5, 0.6) is 0 Å². The van der Waals surface area contributed by atoms with Gasteiger partial charge < -0.3 is 14.7 Å². The molecular formula is C19H23NO2. The van der Waals surface area contributed by atoms with Crippen LogP contribution in [0, 0.1) is 0 Å². The van der Waals surface area contributed by atoms with Gasteiger partial charge in [0.25, 0.3) is 0 Å². The van der Waals surface area contributed by atoms with Crippen molar-refractivity contribution in [2.75, 3.05) is 24.6 Å². The Labute approximate surface area is 132 Å². The summed E-state index contributed by atoms with van der Waals surface area (Å²) in [5.74, 6) is 0. The van der Waals surface area contributed by atoms with Gasteiger partial charge in [-0.05, 0) is 30.5 Å². The Hall–Kier alpha value is -1.84. The number of rotatable bonds is 6. The number of ether oxygens (including phenoxy) is 1. The maximum absolute atomic E-state index is 10.3. The molecule has 3 rings (SSSR count). The summed E-state index contributed by atoms with van der Waals surface area (Å²) in [4.78, 5) is 2.25. The van der Waals surface area contributed by atoms with Crippen molar-refractivity contribution in [3.05, 3.63) is 65.7 Å². The molecule has 0 aromatic heterocycles. The molecule has 0 spiro atoms. The van der Waals surface area contributed by atoms with Gasteiger partial charge in [-0.15, -0.1) is 0 Å². The number of para-hydroxylation sites is 1. The largest absolute Gasteiger partial charge is 0.389 e. The second-order valence-electron chi connectivity index (χ2n) is 5.86. The molecule has 22 heavy (non-hydrogen) atoms. The molecule has 0 bridgehead atoms. The highest BCUT2D eigenvalue weighted by molar-refractivity contribution is 5.57. The number of aliphatic hydroxyl groups is 1. The molecule has 1 aliphatic rings. The summed E-state index contributed by atoms with van der Waals surface area (Å²) in [6, 6.07) is 18.5. The Bertz CT molecular complexity index is 599. The van der Waals surface area contributed by atoms with Crippen LogP contribution in [-0.2, 0) is 11.2 Å². The molecule has 2 aromatic rings. The second kappa shape index (κ2) is 6.95. The average Bonchev–Trinajstić information content (AvgIpc) is 2.97. The molecule has 0 fully saturated rings. The predicted molar refractivity (Wildman–Crippen MR) is 89.2 cm³/mol. The predicted octanol–water partition coefficient (Wildman–Crippen LogP) is 3.19. The molecule has 2 unspecified atom stereocenters. The van der Waals surface area contributed by atoms with Gasteiger partial charge in [0.1, 0.15) is 0 Å². The van der Waals surface area contributed by atoms with Crippen LogP contribution in [-0.4, -0.2) is 30.9 Å². The zero-order valence-corrected chi connectivity index (χ0v) is 13.0. The van der Waals surface area contributed by atoms with Gasteiger partial charge in [-0.2, -0.15) is 0 Å². The topological polar surface area (TPSA) is 32.7 Å². The third-order valence-corrected chi connectivity index (χ3v) is 4.22. The summed E-state index contributed by atoms with van der Waals surface area (Å²) in [5.41, 5.74) is 3.76. The molecule has 3 heteroatoms. The van der Waals surface area contributed by atoms with Crippen LogP contribution in [0.4, 0.5) is 5.69 Å². The van der Waals surface area contributed by atoms with E-state index in [1.165, 1.54) is 11.3 Å². The molecule has 0 saturated carbocycles. The number of fused-ring (bicyclic) bond motifs is 1. The van der Waals surface area contributed by atoms with E-state index in [1.807, 2.05) is 37.3 Å². The zero-order valence-electron chi connectivity index (χ0n) is 13.0. The zero-order chi connectivity index (χ0) is 15.4. The summed E-state index contributed by atoms with van der Waals surface area (Å²) >= 11 is 0. The number of hydrogen-bond donors (Lipinski definition) is 1. The SMILES string of the molecule is CC(OCC(O)CN1CCc2ccccc21)c1ccccc1. The van der Waals surface area contributed by atoms with Crippen LogP contribution in [0.1, 0.15) is 24.2 Å². The molecule has 1 aliphatic heterocycles. The molecule has 0 aliphatic carbocycles. The Kier molecular flexibility index (Phi) is 4.76. The van der Waals surface area contributed by atoms with E-state index in [9.17, 15) is 5.11 Å². The fourth-order valence-corrected chi connectivity index (χ4v) is 2.98. The van der Waals surface area contributed by atoms with Crippen molar-refractivity contribution in [2.45, 2.75) is 25.6 Å². The Morgan fingerprint density at radius 3 is 2.64 bits per heavy atom. The number of aliphatic hydroxyl groups excluding tert-OH is 1. The van der Waals surface area contributed by atoms with E-state index in [0.717, 1.165) is 18.5 Å². The highest BCUT2D eigenvalue weighted by Crippen LogP contribution is 2.27. The van der Waals surface area contributed by atoms with Crippen LogP contribution < -0.4 is 4.90 Å². The lowest BCUT2D eigenvalue weighted by atomic mass is 10.1. The highest BCUT2D eigenvalue weighted by atomic mass is 16.5. The first-order valence-corrected chi connectivity index (χ1v) is 7.91. The van der Waals surface area contributed by atoms with E-state index < -0.39 is 6.10 Å². The van der Waals surface area contributed by atoms with Crippen LogP contribution in [0.3, 0.4) is 0 Å². The third kappa shape index (κ3) is 3.49. The molecule has 1 N–H and O–H groups in total. The van der Waals surface area contributed by atoms with Crippen molar-refractivity contribution in [3.8, 4) is 0 Å². The fraction of sp³-hybridized carbons (Fsp3) is 0.368. The van der Waals surface area contributed by atoms with E-state index in [0.29, 0.717) is 13.2 Å². The molecule has 2 atom stereocenters. The van der Waals surface area contributed by atoms with Crippen LogP contribution in [0.2, 0.25) is 0 Å². The number of nitrogens with zero attached hydrogens (tertiary/aromatic N) is 1. The van der Waals surface area contributed by atoms with Crippen molar-refractivity contribution in [2.24, 2.45) is 0 Å². The summed E-state index contributed by atoms with van der Waals surface area (Å²) in [6.07, 6.45) is 0.587. The minimum absolute atomic E-state index is 0.00159. The lowest BCUT2D eigenvalue weighted by molar-refractivity contribution is 0.000434.